The summed E-state index contributed by atoms with van der Waals surface area (Å²) < 4.78 is 5.42. The van der Waals surface area contributed by atoms with Crippen molar-refractivity contribution in [3.05, 3.63) is 35.9 Å². The van der Waals surface area contributed by atoms with Crippen molar-refractivity contribution in [2.24, 2.45) is 0 Å². The highest BCUT2D eigenvalue weighted by Gasteiger charge is 2.40. The van der Waals surface area contributed by atoms with Crippen molar-refractivity contribution in [2.45, 2.75) is 37.8 Å². The number of hydrogen-bond acceptors (Lipinski definition) is 4. The SMILES string of the molecule is CC(C)(C)OC(=O)N1C(C=O)CSC1c1ccccc1. The van der Waals surface area contributed by atoms with Gasteiger partial charge in [-0.1, -0.05) is 30.3 Å². The summed E-state index contributed by atoms with van der Waals surface area (Å²) in [4.78, 5) is 25.1. The van der Waals surface area contributed by atoms with Gasteiger partial charge in [-0.3, -0.25) is 4.90 Å². The number of ether oxygens (including phenoxy) is 1. The van der Waals surface area contributed by atoms with E-state index in [2.05, 4.69) is 0 Å². The summed E-state index contributed by atoms with van der Waals surface area (Å²) in [6.07, 6.45) is 0.383. The lowest BCUT2D eigenvalue weighted by atomic mass is 10.2. The van der Waals surface area contributed by atoms with E-state index in [0.29, 0.717) is 5.75 Å². The number of carbonyl (C=O) groups is 2. The van der Waals surface area contributed by atoms with Crippen LogP contribution in [0.2, 0.25) is 0 Å². The van der Waals surface area contributed by atoms with Crippen LogP contribution in [0, 0.1) is 0 Å². The Hall–Kier alpha value is -1.49. The van der Waals surface area contributed by atoms with Crippen molar-refractivity contribution in [2.75, 3.05) is 5.75 Å². The molecule has 0 aromatic heterocycles. The molecule has 0 N–H and O–H groups in total. The van der Waals surface area contributed by atoms with Crippen LogP contribution in [-0.4, -0.2) is 34.7 Å². The predicted octanol–water partition coefficient (Wildman–Crippen LogP) is 3.24. The quantitative estimate of drug-likeness (QED) is 0.785. The third-order valence-corrected chi connectivity index (χ3v) is 4.23. The molecular formula is C15H19NO3S. The first-order chi connectivity index (χ1) is 9.42. The third-order valence-electron chi connectivity index (χ3n) is 2.88. The van der Waals surface area contributed by atoms with E-state index in [1.165, 1.54) is 4.90 Å². The Morgan fingerprint density at radius 1 is 1.35 bits per heavy atom. The number of hydrogen-bond donors (Lipinski definition) is 0. The maximum atomic E-state index is 12.3. The van der Waals surface area contributed by atoms with Gasteiger partial charge in [0.1, 0.15) is 23.3 Å². The van der Waals surface area contributed by atoms with Crippen LogP contribution in [0.15, 0.2) is 30.3 Å². The highest BCUT2D eigenvalue weighted by atomic mass is 32.2. The molecule has 2 atom stereocenters. The van der Waals surface area contributed by atoms with Gasteiger partial charge in [-0.15, -0.1) is 11.8 Å². The van der Waals surface area contributed by atoms with Crippen molar-refractivity contribution in [1.29, 1.82) is 0 Å². The number of amides is 1. The molecule has 20 heavy (non-hydrogen) atoms. The van der Waals surface area contributed by atoms with E-state index in [1.54, 1.807) is 11.8 Å². The van der Waals surface area contributed by atoms with Gasteiger partial charge in [0.15, 0.2) is 0 Å². The molecule has 0 spiro atoms. The molecule has 1 aliphatic heterocycles. The summed E-state index contributed by atoms with van der Waals surface area (Å²) >= 11 is 1.58. The summed E-state index contributed by atoms with van der Waals surface area (Å²) in [6, 6.07) is 9.28. The topological polar surface area (TPSA) is 46.6 Å². The molecule has 2 unspecified atom stereocenters. The Morgan fingerprint density at radius 3 is 2.55 bits per heavy atom. The predicted molar refractivity (Wildman–Crippen MR) is 79.6 cm³/mol. The van der Waals surface area contributed by atoms with Gasteiger partial charge in [-0.25, -0.2) is 4.79 Å². The molecule has 0 bridgehead atoms. The van der Waals surface area contributed by atoms with Gasteiger partial charge in [0.2, 0.25) is 0 Å². The van der Waals surface area contributed by atoms with Crippen molar-refractivity contribution in [1.82, 2.24) is 4.90 Å². The molecule has 1 heterocycles. The lowest BCUT2D eigenvalue weighted by molar-refractivity contribution is -0.111. The standard InChI is InChI=1S/C15H19NO3S/c1-15(2,3)19-14(18)16-12(9-17)10-20-13(16)11-7-5-4-6-8-11/h4-9,12-13H,10H2,1-3H3. The van der Waals surface area contributed by atoms with Crippen LogP contribution in [0.3, 0.4) is 0 Å². The van der Waals surface area contributed by atoms with Crippen molar-refractivity contribution < 1.29 is 14.3 Å². The smallest absolute Gasteiger partial charge is 0.412 e. The summed E-state index contributed by atoms with van der Waals surface area (Å²) in [5, 5.41) is -0.166. The second-order valence-electron chi connectivity index (χ2n) is 5.69. The molecule has 0 radical (unpaired) electrons. The molecule has 1 fully saturated rings. The number of aldehydes is 1. The first kappa shape index (κ1) is 14.9. The summed E-state index contributed by atoms with van der Waals surface area (Å²) in [5.41, 5.74) is 0.437. The molecule has 1 aliphatic rings. The molecule has 1 aromatic rings. The molecule has 0 saturated carbocycles. The molecular weight excluding hydrogens is 274 g/mol. The van der Waals surface area contributed by atoms with Crippen LogP contribution in [0.1, 0.15) is 31.7 Å². The second kappa shape index (κ2) is 5.87. The fourth-order valence-corrected chi connectivity index (χ4v) is 3.42. The molecule has 1 amide bonds. The second-order valence-corrected chi connectivity index (χ2v) is 6.80. The first-order valence-corrected chi connectivity index (χ1v) is 7.60. The third kappa shape index (κ3) is 3.33. The maximum absolute atomic E-state index is 12.3. The van der Waals surface area contributed by atoms with Gasteiger partial charge in [-0.2, -0.15) is 0 Å². The summed E-state index contributed by atoms with van der Waals surface area (Å²) in [6.45, 7) is 5.46. The lowest BCUT2D eigenvalue weighted by Gasteiger charge is -2.30. The Morgan fingerprint density at radius 2 is 2.00 bits per heavy atom. The van der Waals surface area contributed by atoms with E-state index in [1.807, 2.05) is 51.1 Å². The highest BCUT2D eigenvalue weighted by Crippen LogP contribution is 2.41. The fraction of sp³-hybridized carbons (Fsp3) is 0.467. The molecule has 4 nitrogen and oxygen atoms in total. The van der Waals surface area contributed by atoms with Crippen molar-refractivity contribution >= 4 is 24.1 Å². The van der Waals surface area contributed by atoms with Gasteiger partial charge in [0.05, 0.1) is 0 Å². The minimum Gasteiger partial charge on any atom is -0.444 e. The zero-order valence-corrected chi connectivity index (χ0v) is 12.7. The van der Waals surface area contributed by atoms with Crippen molar-refractivity contribution in [3.63, 3.8) is 0 Å². The zero-order valence-electron chi connectivity index (χ0n) is 11.9. The van der Waals surface area contributed by atoms with Crippen LogP contribution in [-0.2, 0) is 9.53 Å². The largest absolute Gasteiger partial charge is 0.444 e. The van der Waals surface area contributed by atoms with Gasteiger partial charge < -0.3 is 9.53 Å². The Labute approximate surface area is 123 Å². The zero-order chi connectivity index (χ0) is 14.8. The van der Waals surface area contributed by atoms with E-state index in [9.17, 15) is 9.59 Å². The average molecular weight is 293 g/mol. The monoisotopic (exact) mass is 293 g/mol. The maximum Gasteiger partial charge on any atom is 0.412 e. The van der Waals surface area contributed by atoms with Crippen LogP contribution >= 0.6 is 11.8 Å². The molecule has 2 rings (SSSR count). The van der Waals surface area contributed by atoms with E-state index in [0.717, 1.165) is 11.8 Å². The van der Waals surface area contributed by atoms with E-state index in [-0.39, 0.29) is 5.37 Å². The van der Waals surface area contributed by atoms with E-state index >= 15 is 0 Å². The molecule has 5 heteroatoms. The molecule has 108 valence electrons. The van der Waals surface area contributed by atoms with Crippen LogP contribution < -0.4 is 0 Å². The van der Waals surface area contributed by atoms with Gasteiger partial charge in [-0.05, 0) is 26.3 Å². The summed E-state index contributed by atoms with van der Waals surface area (Å²) in [7, 11) is 0. The van der Waals surface area contributed by atoms with Gasteiger partial charge in [0.25, 0.3) is 0 Å². The van der Waals surface area contributed by atoms with Gasteiger partial charge in [0, 0.05) is 5.75 Å². The number of rotatable bonds is 2. The Kier molecular flexibility index (Phi) is 4.38. The lowest BCUT2D eigenvalue weighted by Crippen LogP contribution is -2.42. The van der Waals surface area contributed by atoms with Crippen molar-refractivity contribution in [3.8, 4) is 0 Å². The highest BCUT2D eigenvalue weighted by molar-refractivity contribution is 7.99. The van der Waals surface area contributed by atoms with E-state index < -0.39 is 17.7 Å². The van der Waals surface area contributed by atoms with Crippen LogP contribution in [0.4, 0.5) is 4.79 Å². The summed E-state index contributed by atoms with van der Waals surface area (Å²) in [5.74, 6) is 0.600. The molecule has 0 aliphatic carbocycles. The van der Waals surface area contributed by atoms with Crippen LogP contribution in [0.25, 0.3) is 0 Å². The Balaban J connectivity index is 2.24. The molecule has 1 saturated heterocycles. The van der Waals surface area contributed by atoms with E-state index in [4.69, 9.17) is 4.74 Å². The minimum absolute atomic E-state index is 0.166. The number of benzene rings is 1. The van der Waals surface area contributed by atoms with Gasteiger partial charge >= 0.3 is 6.09 Å². The average Bonchev–Trinajstić information content (AvgIpc) is 2.81. The van der Waals surface area contributed by atoms with Crippen LogP contribution in [0.5, 0.6) is 0 Å². The Bertz CT molecular complexity index is 484. The number of thioether (sulfide) groups is 1. The normalized spacial score (nSPS) is 22.6. The number of nitrogens with zero attached hydrogens (tertiary/aromatic N) is 1. The fourth-order valence-electron chi connectivity index (χ4n) is 2.05. The minimum atomic E-state index is -0.570. The first-order valence-electron chi connectivity index (χ1n) is 6.55. The molecule has 1 aromatic carbocycles. The number of carbonyl (C=O) groups excluding carboxylic acids is 2.